The van der Waals surface area contributed by atoms with Gasteiger partial charge in [0.25, 0.3) is 11.8 Å². The summed E-state index contributed by atoms with van der Waals surface area (Å²) in [5.74, 6) is -4.12. The van der Waals surface area contributed by atoms with E-state index in [1.165, 1.54) is 18.2 Å². The molecule has 1 heterocycles. The van der Waals surface area contributed by atoms with Crippen LogP contribution < -0.4 is 26.6 Å². The van der Waals surface area contributed by atoms with Crippen molar-refractivity contribution in [2.45, 2.75) is 13.0 Å². The molecule has 0 radical (unpaired) electrons. The fourth-order valence-electron chi connectivity index (χ4n) is 3.59. The van der Waals surface area contributed by atoms with Crippen LogP contribution in [-0.2, 0) is 14.3 Å². The molecule has 0 saturated carbocycles. The highest BCUT2D eigenvalue weighted by atomic mass is 32.1. The van der Waals surface area contributed by atoms with Crippen molar-refractivity contribution in [3.63, 3.8) is 0 Å². The van der Waals surface area contributed by atoms with Gasteiger partial charge in [-0.05, 0) is 48.3 Å². The maximum Gasteiger partial charge on any atom is 0.325 e. The fourth-order valence-corrected chi connectivity index (χ4v) is 4.33. The third-order valence-corrected chi connectivity index (χ3v) is 6.28. The highest BCUT2D eigenvalue weighted by Gasteiger charge is 2.37. The molecule has 0 aliphatic heterocycles. The first-order chi connectivity index (χ1) is 18.1. The van der Waals surface area contributed by atoms with Crippen LogP contribution >= 0.6 is 11.5 Å². The van der Waals surface area contributed by atoms with E-state index in [2.05, 4.69) is 9.69 Å². The van der Waals surface area contributed by atoms with E-state index in [-0.39, 0.29) is 28.6 Å². The number of rotatable bonds is 10. The number of nitrogens with two attached hydrogens (primary N) is 2. The van der Waals surface area contributed by atoms with Gasteiger partial charge >= 0.3 is 5.97 Å². The topological polar surface area (TPSA) is 161 Å². The first-order valence-corrected chi connectivity index (χ1v) is 12.2. The SMILES string of the molecule is CCOC(=O)CNC(=O)[C@@H](c1ccc(N(C)C)cc1)N(C(=O)c1snc(C(N)=O)c1N)c1ccccc1F. The Bertz CT molecular complexity index is 1340. The van der Waals surface area contributed by atoms with Crippen LogP contribution in [0.2, 0.25) is 0 Å². The van der Waals surface area contributed by atoms with E-state index in [0.29, 0.717) is 17.1 Å². The van der Waals surface area contributed by atoms with E-state index in [1.54, 1.807) is 31.2 Å². The van der Waals surface area contributed by atoms with Gasteiger partial charge in [0.2, 0.25) is 5.91 Å². The predicted octanol–water partition coefficient (Wildman–Crippen LogP) is 2.10. The van der Waals surface area contributed by atoms with Crippen molar-refractivity contribution in [2.75, 3.05) is 42.8 Å². The molecule has 3 aromatic rings. The number of amides is 3. The number of halogens is 1. The van der Waals surface area contributed by atoms with Crippen LogP contribution in [-0.4, -0.2) is 55.3 Å². The molecule has 0 unspecified atom stereocenters. The van der Waals surface area contributed by atoms with Gasteiger partial charge in [0.15, 0.2) is 5.69 Å². The largest absolute Gasteiger partial charge is 0.465 e. The van der Waals surface area contributed by atoms with Gasteiger partial charge in [-0.3, -0.25) is 24.1 Å². The van der Waals surface area contributed by atoms with Crippen molar-refractivity contribution in [1.29, 1.82) is 0 Å². The first-order valence-electron chi connectivity index (χ1n) is 11.4. The second-order valence-corrected chi connectivity index (χ2v) is 8.95. The standard InChI is InChI=1S/C25H27FN6O5S/c1-4-37-18(33)13-29-24(35)21(14-9-11-15(12-10-14)31(2)3)32(17-8-6-5-7-16(17)26)25(36)22-19(27)20(23(28)34)30-38-22/h5-12,21H,4,13,27H2,1-3H3,(H2,28,34)(H,29,35)/t21-/m1/s1. The summed E-state index contributed by atoms with van der Waals surface area (Å²) in [7, 11) is 3.66. The lowest BCUT2D eigenvalue weighted by atomic mass is 10.0. The lowest BCUT2D eigenvalue weighted by molar-refractivity contribution is -0.143. The van der Waals surface area contributed by atoms with Gasteiger partial charge in [0.1, 0.15) is 23.3 Å². The number of ether oxygens (including phenoxy) is 1. The minimum Gasteiger partial charge on any atom is -0.465 e. The summed E-state index contributed by atoms with van der Waals surface area (Å²) in [4.78, 5) is 53.6. The number of esters is 1. The second-order valence-electron chi connectivity index (χ2n) is 8.18. The van der Waals surface area contributed by atoms with Crippen molar-refractivity contribution >= 4 is 52.3 Å². The fraction of sp³-hybridized carbons (Fsp3) is 0.240. The van der Waals surface area contributed by atoms with E-state index < -0.39 is 42.1 Å². The molecule has 3 rings (SSSR count). The molecular formula is C25H27FN6O5S. The molecule has 0 bridgehead atoms. The number of carbonyl (C=O) groups is 4. The van der Waals surface area contributed by atoms with Crippen LogP contribution in [0, 0.1) is 5.82 Å². The van der Waals surface area contributed by atoms with Gasteiger partial charge in [0.05, 0.1) is 18.0 Å². The Morgan fingerprint density at radius 3 is 2.32 bits per heavy atom. The van der Waals surface area contributed by atoms with Crippen molar-refractivity contribution in [3.8, 4) is 0 Å². The third kappa shape index (κ3) is 6.06. The van der Waals surface area contributed by atoms with Gasteiger partial charge in [-0.15, -0.1) is 0 Å². The summed E-state index contributed by atoms with van der Waals surface area (Å²) in [5, 5.41) is 2.46. The molecule has 5 N–H and O–H groups in total. The van der Waals surface area contributed by atoms with Gasteiger partial charge in [0, 0.05) is 19.8 Å². The Morgan fingerprint density at radius 2 is 1.76 bits per heavy atom. The Balaban J connectivity index is 2.18. The number of nitrogens with one attached hydrogen (secondary N) is 1. The number of nitrogen functional groups attached to an aromatic ring is 1. The minimum absolute atomic E-state index is 0.108. The van der Waals surface area contributed by atoms with Crippen LogP contribution in [0.5, 0.6) is 0 Å². The zero-order valence-corrected chi connectivity index (χ0v) is 21.8. The van der Waals surface area contributed by atoms with Crippen LogP contribution in [0.25, 0.3) is 0 Å². The Hall–Kier alpha value is -4.52. The summed E-state index contributed by atoms with van der Waals surface area (Å²) in [6.07, 6.45) is 0. The molecule has 0 fully saturated rings. The van der Waals surface area contributed by atoms with Crippen molar-refractivity contribution < 1.29 is 28.3 Å². The number of anilines is 3. The van der Waals surface area contributed by atoms with Crippen LogP contribution in [0.1, 0.15) is 38.7 Å². The molecule has 0 aliphatic rings. The molecule has 2 aromatic carbocycles. The van der Waals surface area contributed by atoms with E-state index in [4.69, 9.17) is 16.2 Å². The zero-order valence-electron chi connectivity index (χ0n) is 20.9. The molecule has 0 spiro atoms. The maximum atomic E-state index is 15.1. The van der Waals surface area contributed by atoms with Crippen molar-refractivity contribution in [2.24, 2.45) is 5.73 Å². The lowest BCUT2D eigenvalue weighted by Crippen LogP contribution is -2.45. The molecule has 13 heteroatoms. The van der Waals surface area contributed by atoms with Crippen LogP contribution in [0.4, 0.5) is 21.5 Å². The molecule has 1 aromatic heterocycles. The van der Waals surface area contributed by atoms with E-state index in [1.807, 2.05) is 19.0 Å². The monoisotopic (exact) mass is 542 g/mol. The number of carbonyl (C=O) groups excluding carboxylic acids is 4. The molecule has 1 atom stereocenters. The quantitative estimate of drug-likeness (QED) is 0.328. The number of aromatic nitrogens is 1. The maximum absolute atomic E-state index is 15.1. The summed E-state index contributed by atoms with van der Waals surface area (Å²) < 4.78 is 23.9. The minimum atomic E-state index is -1.46. The molecule has 11 nitrogen and oxygen atoms in total. The van der Waals surface area contributed by atoms with E-state index in [9.17, 15) is 19.2 Å². The average molecular weight is 543 g/mol. The number of hydrogen-bond acceptors (Lipinski definition) is 9. The zero-order chi connectivity index (χ0) is 28.0. The molecule has 3 amide bonds. The molecule has 0 aliphatic carbocycles. The highest BCUT2D eigenvalue weighted by Crippen LogP contribution is 2.34. The predicted molar refractivity (Wildman–Crippen MR) is 141 cm³/mol. The molecule has 0 saturated heterocycles. The van der Waals surface area contributed by atoms with Crippen molar-refractivity contribution in [1.82, 2.24) is 9.69 Å². The number of benzene rings is 2. The highest BCUT2D eigenvalue weighted by molar-refractivity contribution is 7.09. The second kappa shape index (κ2) is 12.1. The van der Waals surface area contributed by atoms with Crippen LogP contribution in [0.3, 0.4) is 0 Å². The van der Waals surface area contributed by atoms with Gasteiger partial charge in [-0.1, -0.05) is 24.3 Å². The summed E-state index contributed by atoms with van der Waals surface area (Å²) in [6.45, 7) is 1.25. The van der Waals surface area contributed by atoms with Gasteiger partial charge in [-0.2, -0.15) is 4.37 Å². The number of hydrogen-bond donors (Lipinski definition) is 3. The Labute approximate surface area is 222 Å². The van der Waals surface area contributed by atoms with Gasteiger partial charge < -0.3 is 26.4 Å². The number of nitrogens with zero attached hydrogens (tertiary/aromatic N) is 3. The van der Waals surface area contributed by atoms with Gasteiger partial charge in [-0.25, -0.2) is 4.39 Å². The smallest absolute Gasteiger partial charge is 0.325 e. The third-order valence-electron chi connectivity index (χ3n) is 5.43. The summed E-state index contributed by atoms with van der Waals surface area (Å²) in [6, 6.07) is 10.6. The Morgan fingerprint density at radius 1 is 1.11 bits per heavy atom. The van der Waals surface area contributed by atoms with Crippen molar-refractivity contribution in [3.05, 3.63) is 70.5 Å². The normalized spacial score (nSPS) is 11.4. The molecule has 200 valence electrons. The number of para-hydroxylation sites is 1. The lowest BCUT2D eigenvalue weighted by Gasteiger charge is -2.31. The van der Waals surface area contributed by atoms with E-state index >= 15 is 4.39 Å². The summed E-state index contributed by atoms with van der Waals surface area (Å²) in [5.41, 5.74) is 11.6. The molecular weight excluding hydrogens is 515 g/mol. The van der Waals surface area contributed by atoms with Crippen LogP contribution in [0.15, 0.2) is 48.5 Å². The average Bonchev–Trinajstić information content (AvgIpc) is 3.28. The van der Waals surface area contributed by atoms with E-state index in [0.717, 1.165) is 16.7 Å². The number of primary amides is 1. The first kappa shape index (κ1) is 28.1. The Kier molecular flexibility index (Phi) is 8.97. The summed E-state index contributed by atoms with van der Waals surface area (Å²) >= 11 is 0.595. The molecule has 38 heavy (non-hydrogen) atoms.